The van der Waals surface area contributed by atoms with E-state index in [4.69, 9.17) is 0 Å². The first-order chi connectivity index (χ1) is 10.9. The largest absolute Gasteiger partial charge is 0.360 e. The number of anilines is 2. The molecule has 0 unspecified atom stereocenters. The van der Waals surface area contributed by atoms with E-state index in [-0.39, 0.29) is 11.2 Å². The molecule has 0 aliphatic heterocycles. The van der Waals surface area contributed by atoms with Crippen LogP contribution in [0.4, 0.5) is 10.8 Å². The van der Waals surface area contributed by atoms with Crippen molar-refractivity contribution in [3.8, 4) is 0 Å². The Hall–Kier alpha value is -1.60. The molecule has 1 heterocycles. The molecule has 0 radical (unpaired) electrons. The highest BCUT2D eigenvalue weighted by molar-refractivity contribution is 8.02. The molecule has 1 atom stereocenters. The molecule has 7 heteroatoms. The van der Waals surface area contributed by atoms with Gasteiger partial charge in [0.05, 0.1) is 5.25 Å². The van der Waals surface area contributed by atoms with E-state index < -0.39 is 0 Å². The summed E-state index contributed by atoms with van der Waals surface area (Å²) in [6.45, 7) is 9.03. The second-order valence-electron chi connectivity index (χ2n) is 5.76. The summed E-state index contributed by atoms with van der Waals surface area (Å²) in [5.41, 5.74) is 1.98. The molecule has 0 saturated carbocycles. The summed E-state index contributed by atoms with van der Waals surface area (Å²) in [5, 5.41) is 14.9. The molecule has 2 N–H and O–H groups in total. The molecule has 0 saturated heterocycles. The summed E-state index contributed by atoms with van der Waals surface area (Å²) in [5.74, 6) is 0.514. The lowest BCUT2D eigenvalue weighted by Crippen LogP contribution is -2.22. The normalized spacial score (nSPS) is 12.2. The van der Waals surface area contributed by atoms with Gasteiger partial charge in [0.15, 0.2) is 4.34 Å². The standard InChI is InChI=1S/C16H22N4OS2/c1-10(2)9-17-15-19-20-16(23-15)22-12(4)14(21)18-13-7-5-11(3)6-8-13/h5-8,10,12H,9H2,1-4H3,(H,17,19)(H,18,21)/t12-/m1/s1. The van der Waals surface area contributed by atoms with E-state index in [2.05, 4.69) is 34.7 Å². The molecular weight excluding hydrogens is 328 g/mol. The number of nitrogens with zero attached hydrogens (tertiary/aromatic N) is 2. The summed E-state index contributed by atoms with van der Waals surface area (Å²) in [6.07, 6.45) is 0. The zero-order valence-corrected chi connectivity index (χ0v) is 15.4. The number of thioether (sulfide) groups is 1. The lowest BCUT2D eigenvalue weighted by molar-refractivity contribution is -0.115. The van der Waals surface area contributed by atoms with Gasteiger partial charge in [-0.25, -0.2) is 0 Å². The molecule has 124 valence electrons. The number of nitrogens with one attached hydrogen (secondary N) is 2. The third kappa shape index (κ3) is 5.84. The Kier molecular flexibility index (Phi) is 6.41. The Morgan fingerprint density at radius 2 is 1.91 bits per heavy atom. The van der Waals surface area contributed by atoms with Crippen molar-refractivity contribution in [2.45, 2.75) is 37.3 Å². The maximum Gasteiger partial charge on any atom is 0.237 e. The van der Waals surface area contributed by atoms with Crippen LogP contribution in [0, 0.1) is 12.8 Å². The smallest absolute Gasteiger partial charge is 0.237 e. The van der Waals surface area contributed by atoms with Crippen molar-refractivity contribution in [2.75, 3.05) is 17.2 Å². The molecule has 23 heavy (non-hydrogen) atoms. The molecule has 5 nitrogen and oxygen atoms in total. The fraction of sp³-hybridized carbons (Fsp3) is 0.438. The van der Waals surface area contributed by atoms with E-state index in [1.807, 2.05) is 38.1 Å². The Morgan fingerprint density at radius 3 is 2.57 bits per heavy atom. The molecule has 0 bridgehead atoms. The van der Waals surface area contributed by atoms with Gasteiger partial charge in [0.1, 0.15) is 0 Å². The number of rotatable bonds is 7. The quantitative estimate of drug-likeness (QED) is 0.738. The van der Waals surface area contributed by atoms with E-state index in [1.165, 1.54) is 28.7 Å². The molecule has 0 aliphatic carbocycles. The van der Waals surface area contributed by atoms with E-state index in [0.717, 1.165) is 21.7 Å². The topological polar surface area (TPSA) is 66.9 Å². The number of hydrogen-bond acceptors (Lipinski definition) is 6. The van der Waals surface area contributed by atoms with Crippen molar-refractivity contribution in [2.24, 2.45) is 5.92 Å². The first-order valence-corrected chi connectivity index (χ1v) is 9.25. The number of aromatic nitrogens is 2. The minimum atomic E-state index is -0.234. The number of carbonyl (C=O) groups is 1. The highest BCUT2D eigenvalue weighted by Crippen LogP contribution is 2.29. The van der Waals surface area contributed by atoms with Gasteiger partial charge < -0.3 is 10.6 Å². The monoisotopic (exact) mass is 350 g/mol. The van der Waals surface area contributed by atoms with Crippen LogP contribution in [0.25, 0.3) is 0 Å². The third-order valence-electron chi connectivity index (χ3n) is 3.03. The van der Waals surface area contributed by atoms with Crippen molar-refractivity contribution < 1.29 is 4.79 Å². The van der Waals surface area contributed by atoms with Gasteiger partial charge in [-0.15, -0.1) is 10.2 Å². The summed E-state index contributed by atoms with van der Waals surface area (Å²) in [7, 11) is 0. The van der Waals surface area contributed by atoms with Crippen LogP contribution in [0.5, 0.6) is 0 Å². The average molecular weight is 351 g/mol. The van der Waals surface area contributed by atoms with E-state index in [9.17, 15) is 4.79 Å². The molecule has 0 spiro atoms. The van der Waals surface area contributed by atoms with Crippen molar-refractivity contribution in [3.63, 3.8) is 0 Å². The van der Waals surface area contributed by atoms with Gasteiger partial charge in [-0.2, -0.15) is 0 Å². The van der Waals surface area contributed by atoms with Crippen LogP contribution in [-0.2, 0) is 4.79 Å². The first-order valence-electron chi connectivity index (χ1n) is 7.55. The maximum atomic E-state index is 12.2. The molecule has 0 fully saturated rings. The van der Waals surface area contributed by atoms with Crippen LogP contribution in [0.3, 0.4) is 0 Å². The maximum absolute atomic E-state index is 12.2. The van der Waals surface area contributed by atoms with Crippen molar-refractivity contribution in [3.05, 3.63) is 29.8 Å². The lowest BCUT2D eigenvalue weighted by Gasteiger charge is -2.10. The average Bonchev–Trinajstić information content (AvgIpc) is 2.95. The van der Waals surface area contributed by atoms with Gasteiger partial charge in [-0.05, 0) is 31.9 Å². The first kappa shape index (κ1) is 17.7. The Labute approximate surface area is 145 Å². The Bertz CT molecular complexity index is 640. The summed E-state index contributed by atoms with van der Waals surface area (Å²) >= 11 is 2.90. The minimum absolute atomic E-state index is 0.0363. The summed E-state index contributed by atoms with van der Waals surface area (Å²) in [6, 6.07) is 7.77. The van der Waals surface area contributed by atoms with Crippen LogP contribution in [0.15, 0.2) is 28.6 Å². The fourth-order valence-electron chi connectivity index (χ4n) is 1.71. The second kappa shape index (κ2) is 8.31. The minimum Gasteiger partial charge on any atom is -0.360 e. The lowest BCUT2D eigenvalue weighted by atomic mass is 10.2. The summed E-state index contributed by atoms with van der Waals surface area (Å²) in [4.78, 5) is 12.2. The fourth-order valence-corrected chi connectivity index (χ4v) is 3.61. The predicted octanol–water partition coefficient (Wildman–Crippen LogP) is 4.03. The van der Waals surface area contributed by atoms with Crippen molar-refractivity contribution in [1.82, 2.24) is 10.2 Å². The molecule has 0 aliphatic rings. The van der Waals surface area contributed by atoms with Crippen molar-refractivity contribution in [1.29, 1.82) is 0 Å². The summed E-state index contributed by atoms with van der Waals surface area (Å²) < 4.78 is 0.794. The molecule has 1 amide bonds. The van der Waals surface area contributed by atoms with Crippen LogP contribution in [0.2, 0.25) is 0 Å². The molecule has 1 aromatic heterocycles. The van der Waals surface area contributed by atoms with Crippen LogP contribution >= 0.6 is 23.1 Å². The molecular formula is C16H22N4OS2. The SMILES string of the molecule is Cc1ccc(NC(=O)[C@@H](C)Sc2nnc(NCC(C)C)s2)cc1. The van der Waals surface area contributed by atoms with Gasteiger partial charge in [-0.1, -0.05) is 54.6 Å². The van der Waals surface area contributed by atoms with Crippen LogP contribution in [-0.4, -0.2) is 27.9 Å². The zero-order valence-electron chi connectivity index (χ0n) is 13.8. The Morgan fingerprint density at radius 1 is 1.22 bits per heavy atom. The highest BCUT2D eigenvalue weighted by atomic mass is 32.2. The van der Waals surface area contributed by atoms with Gasteiger partial charge in [0, 0.05) is 12.2 Å². The Balaban J connectivity index is 1.86. The van der Waals surface area contributed by atoms with Gasteiger partial charge >= 0.3 is 0 Å². The molecule has 2 rings (SSSR count). The zero-order chi connectivity index (χ0) is 16.8. The number of hydrogen-bond donors (Lipinski definition) is 2. The second-order valence-corrected chi connectivity index (χ2v) is 8.33. The van der Waals surface area contributed by atoms with Gasteiger partial charge in [0.25, 0.3) is 0 Å². The number of benzene rings is 1. The van der Waals surface area contributed by atoms with E-state index in [0.29, 0.717) is 5.92 Å². The third-order valence-corrected chi connectivity index (χ3v) is 5.10. The van der Waals surface area contributed by atoms with Gasteiger partial charge in [0.2, 0.25) is 11.0 Å². The molecule has 1 aromatic carbocycles. The highest BCUT2D eigenvalue weighted by Gasteiger charge is 2.17. The number of carbonyl (C=O) groups excluding carboxylic acids is 1. The van der Waals surface area contributed by atoms with E-state index in [1.54, 1.807) is 0 Å². The van der Waals surface area contributed by atoms with E-state index >= 15 is 0 Å². The van der Waals surface area contributed by atoms with Crippen LogP contribution < -0.4 is 10.6 Å². The van der Waals surface area contributed by atoms with Gasteiger partial charge in [-0.3, -0.25) is 4.79 Å². The van der Waals surface area contributed by atoms with Crippen molar-refractivity contribution >= 4 is 39.8 Å². The number of aryl methyl sites for hydroxylation is 1. The number of amides is 1. The molecule has 2 aromatic rings. The van der Waals surface area contributed by atoms with Crippen LogP contribution in [0.1, 0.15) is 26.3 Å². The predicted molar refractivity (Wildman–Crippen MR) is 98.4 cm³/mol.